The second kappa shape index (κ2) is 5.57. The summed E-state index contributed by atoms with van der Waals surface area (Å²) in [4.78, 5) is 13.6. The second-order valence-electron chi connectivity index (χ2n) is 5.31. The number of sulfone groups is 1. The fourth-order valence-electron chi connectivity index (χ4n) is 2.63. The van der Waals surface area contributed by atoms with Gasteiger partial charge in [-0.3, -0.25) is 9.69 Å². The molecule has 2 heterocycles. The van der Waals surface area contributed by atoms with E-state index in [4.69, 9.17) is 0 Å². The van der Waals surface area contributed by atoms with E-state index in [2.05, 4.69) is 5.10 Å². The van der Waals surface area contributed by atoms with Crippen LogP contribution in [-0.2, 0) is 26.9 Å². The van der Waals surface area contributed by atoms with Gasteiger partial charge in [-0.05, 0) is 18.6 Å². The lowest BCUT2D eigenvalue weighted by Crippen LogP contribution is -2.35. The minimum atomic E-state index is -3.43. The van der Waals surface area contributed by atoms with Crippen LogP contribution in [0.5, 0.6) is 0 Å². The molecule has 22 heavy (non-hydrogen) atoms. The number of benzene rings is 1. The predicted octanol–water partition coefficient (Wildman–Crippen LogP) is 1.61. The third-order valence-electron chi connectivity index (χ3n) is 3.66. The van der Waals surface area contributed by atoms with Crippen molar-refractivity contribution in [2.24, 2.45) is 0 Å². The first kappa shape index (κ1) is 14.8. The first-order valence-electron chi connectivity index (χ1n) is 7.10. The van der Waals surface area contributed by atoms with Gasteiger partial charge in [-0.2, -0.15) is 5.10 Å². The van der Waals surface area contributed by atoms with Crippen molar-refractivity contribution in [3.63, 3.8) is 0 Å². The Kier molecular flexibility index (Phi) is 3.74. The predicted molar refractivity (Wildman–Crippen MR) is 82.2 cm³/mol. The normalized spacial score (nSPS) is 14.7. The number of aromatic nitrogens is 2. The molecule has 1 aromatic heterocycles. The van der Waals surface area contributed by atoms with E-state index in [0.29, 0.717) is 24.6 Å². The highest BCUT2D eigenvalue weighted by molar-refractivity contribution is 7.90. The van der Waals surface area contributed by atoms with Gasteiger partial charge in [-0.15, -0.1) is 0 Å². The fourth-order valence-corrected chi connectivity index (χ4v) is 3.90. The van der Waals surface area contributed by atoms with E-state index in [1.165, 1.54) is 6.92 Å². The summed E-state index contributed by atoms with van der Waals surface area (Å²) in [6, 6.07) is 10.0. The smallest absolute Gasteiger partial charge is 0.225 e. The maximum atomic E-state index is 12.4. The second-order valence-corrected chi connectivity index (χ2v) is 7.30. The zero-order valence-electron chi connectivity index (χ0n) is 12.3. The van der Waals surface area contributed by atoms with Gasteiger partial charge in [0.05, 0.1) is 16.3 Å². The molecule has 0 fully saturated rings. The van der Waals surface area contributed by atoms with Crippen molar-refractivity contribution >= 4 is 21.6 Å². The zero-order valence-corrected chi connectivity index (χ0v) is 13.1. The van der Waals surface area contributed by atoms with Gasteiger partial charge in [0, 0.05) is 26.1 Å². The van der Waals surface area contributed by atoms with Crippen LogP contribution in [0.2, 0.25) is 0 Å². The number of carbonyl (C=O) groups is 1. The molecule has 3 rings (SSSR count). The molecule has 116 valence electrons. The Morgan fingerprint density at radius 3 is 2.64 bits per heavy atom. The number of hydrogen-bond acceptors (Lipinski definition) is 4. The number of hydrogen-bond donors (Lipinski definition) is 0. The molecule has 7 heteroatoms. The van der Waals surface area contributed by atoms with Crippen molar-refractivity contribution in [1.82, 2.24) is 9.78 Å². The molecule has 0 bridgehead atoms. The number of amides is 1. The lowest BCUT2D eigenvalue weighted by Gasteiger charge is -2.26. The van der Waals surface area contributed by atoms with E-state index in [-0.39, 0.29) is 16.6 Å². The van der Waals surface area contributed by atoms with Gasteiger partial charge in [0.25, 0.3) is 0 Å². The Hall–Kier alpha value is -2.15. The third kappa shape index (κ3) is 2.76. The molecule has 0 saturated carbocycles. The molecule has 1 aliphatic heterocycles. The summed E-state index contributed by atoms with van der Waals surface area (Å²) in [5.74, 6) is 0.457. The minimum Gasteiger partial charge on any atom is -0.297 e. The Bertz CT molecular complexity index is 797. The van der Waals surface area contributed by atoms with Crippen LogP contribution in [0.4, 0.5) is 5.82 Å². The monoisotopic (exact) mass is 319 g/mol. The summed E-state index contributed by atoms with van der Waals surface area (Å²) < 4.78 is 26.5. The molecule has 0 aliphatic carbocycles. The number of carbonyl (C=O) groups excluding carboxylic acids is 1. The van der Waals surface area contributed by atoms with Crippen LogP contribution < -0.4 is 4.90 Å². The molecule has 6 nitrogen and oxygen atoms in total. The largest absolute Gasteiger partial charge is 0.297 e. The van der Waals surface area contributed by atoms with E-state index in [1.54, 1.807) is 46.0 Å². The molecule has 0 unspecified atom stereocenters. The third-order valence-corrected chi connectivity index (χ3v) is 5.32. The van der Waals surface area contributed by atoms with E-state index in [9.17, 15) is 13.2 Å². The molecule has 1 aromatic carbocycles. The van der Waals surface area contributed by atoms with Crippen LogP contribution in [0.3, 0.4) is 0 Å². The van der Waals surface area contributed by atoms with E-state index < -0.39 is 9.84 Å². The average Bonchev–Trinajstić information content (AvgIpc) is 2.89. The Morgan fingerprint density at radius 2 is 1.95 bits per heavy atom. The average molecular weight is 319 g/mol. The topological polar surface area (TPSA) is 72.3 Å². The molecular formula is C15H17N3O3S. The highest BCUT2D eigenvalue weighted by Gasteiger charge is 2.24. The van der Waals surface area contributed by atoms with Crippen molar-refractivity contribution < 1.29 is 13.2 Å². The summed E-state index contributed by atoms with van der Waals surface area (Å²) in [7, 11) is -3.43. The number of fused-ring (bicyclic) bond motifs is 1. The van der Waals surface area contributed by atoms with Crippen LogP contribution in [0, 0.1) is 0 Å². The lowest BCUT2D eigenvalue weighted by molar-refractivity contribution is -0.116. The van der Waals surface area contributed by atoms with Crippen molar-refractivity contribution in [3.05, 3.63) is 42.1 Å². The quantitative estimate of drug-likeness (QED) is 0.861. The van der Waals surface area contributed by atoms with Gasteiger partial charge >= 0.3 is 0 Å². The molecule has 0 atom stereocenters. The van der Waals surface area contributed by atoms with Gasteiger partial charge in [0.1, 0.15) is 5.82 Å². The molecule has 0 spiro atoms. The maximum absolute atomic E-state index is 12.4. The molecule has 0 saturated heterocycles. The highest BCUT2D eigenvalue weighted by Crippen LogP contribution is 2.24. The van der Waals surface area contributed by atoms with Crippen molar-refractivity contribution in [2.75, 3.05) is 11.4 Å². The number of rotatable bonds is 3. The first-order chi connectivity index (χ1) is 10.5. The lowest BCUT2D eigenvalue weighted by atomic mass is 10.3. The van der Waals surface area contributed by atoms with Crippen LogP contribution in [0.25, 0.3) is 0 Å². The number of nitrogens with zero attached hydrogens (tertiary/aromatic N) is 3. The Labute approximate surface area is 129 Å². The van der Waals surface area contributed by atoms with Crippen LogP contribution in [-0.4, -0.2) is 30.7 Å². The standard InChI is InChI=1S/C15H17N3O3S/c1-12(19)17-8-5-9-18-15(17)10-13(16-18)11-22(20,21)14-6-3-2-4-7-14/h2-4,6-7,10H,5,8-9,11H2,1H3. The van der Waals surface area contributed by atoms with Crippen LogP contribution in [0.1, 0.15) is 19.0 Å². The molecule has 0 radical (unpaired) electrons. The van der Waals surface area contributed by atoms with Crippen molar-refractivity contribution in [3.8, 4) is 0 Å². The van der Waals surface area contributed by atoms with Crippen LogP contribution >= 0.6 is 0 Å². The van der Waals surface area contributed by atoms with E-state index in [0.717, 1.165) is 6.42 Å². The summed E-state index contributed by atoms with van der Waals surface area (Å²) >= 11 is 0. The van der Waals surface area contributed by atoms with E-state index >= 15 is 0 Å². The summed E-state index contributed by atoms with van der Waals surface area (Å²) in [5.41, 5.74) is 0.465. The van der Waals surface area contributed by atoms with Gasteiger partial charge in [0.2, 0.25) is 5.91 Å². The van der Waals surface area contributed by atoms with Gasteiger partial charge < -0.3 is 0 Å². The molecule has 1 amide bonds. The Balaban J connectivity index is 1.90. The molecular weight excluding hydrogens is 302 g/mol. The SMILES string of the molecule is CC(=O)N1CCCn2nc(CS(=O)(=O)c3ccccc3)cc21. The Morgan fingerprint density at radius 1 is 1.23 bits per heavy atom. The van der Waals surface area contributed by atoms with Gasteiger partial charge in [-0.25, -0.2) is 13.1 Å². The summed E-state index contributed by atoms with van der Waals surface area (Å²) in [6.07, 6.45) is 0.819. The molecule has 2 aromatic rings. The number of anilines is 1. The van der Waals surface area contributed by atoms with Crippen molar-refractivity contribution in [1.29, 1.82) is 0 Å². The van der Waals surface area contributed by atoms with Gasteiger partial charge in [-0.1, -0.05) is 18.2 Å². The molecule has 0 N–H and O–H groups in total. The maximum Gasteiger partial charge on any atom is 0.225 e. The minimum absolute atomic E-state index is 0.0571. The molecule has 1 aliphatic rings. The first-order valence-corrected chi connectivity index (χ1v) is 8.75. The zero-order chi connectivity index (χ0) is 15.7. The van der Waals surface area contributed by atoms with E-state index in [1.807, 2.05) is 0 Å². The van der Waals surface area contributed by atoms with Crippen LogP contribution in [0.15, 0.2) is 41.3 Å². The highest BCUT2D eigenvalue weighted by atomic mass is 32.2. The number of aryl methyl sites for hydroxylation is 1. The van der Waals surface area contributed by atoms with Gasteiger partial charge in [0.15, 0.2) is 9.84 Å². The van der Waals surface area contributed by atoms with Crippen molar-refractivity contribution in [2.45, 2.75) is 30.5 Å². The fraction of sp³-hybridized carbons (Fsp3) is 0.333. The summed E-state index contributed by atoms with van der Waals surface area (Å²) in [5, 5.41) is 4.34. The summed E-state index contributed by atoms with van der Waals surface area (Å²) in [6.45, 7) is 2.85.